The number of unbranched alkanes of at least 4 members (excludes halogenated alkanes) is 1. The number of likely N-dealkylation sites (N-methyl/N-ethyl adjacent to an activating group) is 1. The molecule has 0 saturated carbocycles. The fourth-order valence-electron chi connectivity index (χ4n) is 1.32. The van der Waals surface area contributed by atoms with Crippen molar-refractivity contribution in [3.63, 3.8) is 0 Å². The molecule has 3 nitrogen and oxygen atoms in total. The summed E-state index contributed by atoms with van der Waals surface area (Å²) in [5.74, 6) is -0.309. The molecule has 0 heterocycles. The molecule has 0 radical (unpaired) electrons. The predicted molar refractivity (Wildman–Crippen MR) is 76.5 cm³/mol. The molecular formula is C15H25NO2. The van der Waals surface area contributed by atoms with Gasteiger partial charge in [-0.25, -0.2) is 4.79 Å². The zero-order valence-corrected chi connectivity index (χ0v) is 11.7. The molecule has 0 saturated heterocycles. The van der Waals surface area contributed by atoms with E-state index in [1.807, 2.05) is 13.1 Å². The minimum atomic E-state index is -0.309. The summed E-state index contributed by atoms with van der Waals surface area (Å²) >= 11 is 0. The molecule has 102 valence electrons. The highest BCUT2D eigenvalue weighted by Crippen LogP contribution is 1.97. The Morgan fingerprint density at radius 3 is 2.67 bits per heavy atom. The van der Waals surface area contributed by atoms with Crippen molar-refractivity contribution in [2.45, 2.75) is 26.2 Å². The van der Waals surface area contributed by atoms with Gasteiger partial charge < -0.3 is 9.64 Å². The van der Waals surface area contributed by atoms with Crippen molar-refractivity contribution in [2.75, 3.05) is 26.7 Å². The summed E-state index contributed by atoms with van der Waals surface area (Å²) in [6.07, 6.45) is 9.31. The van der Waals surface area contributed by atoms with Gasteiger partial charge in [-0.3, -0.25) is 0 Å². The third kappa shape index (κ3) is 9.85. The van der Waals surface area contributed by atoms with E-state index in [1.165, 1.54) is 0 Å². The lowest BCUT2D eigenvalue weighted by Crippen LogP contribution is -2.25. The van der Waals surface area contributed by atoms with E-state index in [-0.39, 0.29) is 5.97 Å². The van der Waals surface area contributed by atoms with Gasteiger partial charge in [0, 0.05) is 12.1 Å². The largest absolute Gasteiger partial charge is 0.461 e. The highest BCUT2D eigenvalue weighted by molar-refractivity contribution is 5.86. The quantitative estimate of drug-likeness (QED) is 0.259. The van der Waals surface area contributed by atoms with E-state index >= 15 is 0 Å². The van der Waals surface area contributed by atoms with Crippen LogP contribution in [0.15, 0.2) is 37.0 Å². The van der Waals surface area contributed by atoms with Crippen LogP contribution in [-0.4, -0.2) is 37.6 Å². The van der Waals surface area contributed by atoms with Gasteiger partial charge in [0.15, 0.2) is 0 Å². The Balaban J connectivity index is 3.48. The first-order chi connectivity index (χ1) is 8.57. The predicted octanol–water partition coefficient (Wildman–Crippen LogP) is 2.95. The number of nitrogens with zero attached hydrogens (tertiary/aromatic N) is 1. The van der Waals surface area contributed by atoms with E-state index in [0.29, 0.717) is 12.2 Å². The Hall–Kier alpha value is -1.35. The van der Waals surface area contributed by atoms with Crippen LogP contribution in [0.25, 0.3) is 0 Å². The molecule has 0 aliphatic rings. The van der Waals surface area contributed by atoms with Crippen molar-refractivity contribution < 1.29 is 9.53 Å². The van der Waals surface area contributed by atoms with Crippen LogP contribution >= 0.6 is 0 Å². The number of carbonyl (C=O) groups is 1. The third-order valence-electron chi connectivity index (χ3n) is 2.43. The molecule has 0 aromatic carbocycles. The van der Waals surface area contributed by atoms with Gasteiger partial charge in [0.25, 0.3) is 0 Å². The lowest BCUT2D eigenvalue weighted by molar-refractivity contribution is -0.139. The van der Waals surface area contributed by atoms with Crippen molar-refractivity contribution in [2.24, 2.45) is 0 Å². The lowest BCUT2D eigenvalue weighted by Gasteiger charge is -2.15. The van der Waals surface area contributed by atoms with Gasteiger partial charge >= 0.3 is 5.97 Å². The SMILES string of the molecule is C=CCC=CCCCN(C)CCOC(=O)C(=C)C. The molecule has 0 N–H and O–H groups in total. The van der Waals surface area contributed by atoms with E-state index in [2.05, 4.69) is 30.2 Å². The summed E-state index contributed by atoms with van der Waals surface area (Å²) in [6, 6.07) is 0. The highest BCUT2D eigenvalue weighted by atomic mass is 16.5. The molecule has 0 aromatic heterocycles. The van der Waals surface area contributed by atoms with Gasteiger partial charge in [-0.05, 0) is 39.8 Å². The van der Waals surface area contributed by atoms with Crippen molar-refractivity contribution in [3.05, 3.63) is 37.0 Å². The number of rotatable bonds is 10. The van der Waals surface area contributed by atoms with Crippen LogP contribution in [0.2, 0.25) is 0 Å². The zero-order chi connectivity index (χ0) is 13.8. The standard InChI is InChI=1S/C15H25NO2/c1-5-6-7-8-9-10-11-16(4)12-13-18-15(17)14(2)3/h5,7-8H,1-2,6,9-13H2,3-4H3. The summed E-state index contributed by atoms with van der Waals surface area (Å²) in [6.45, 7) is 11.0. The fourth-order valence-corrected chi connectivity index (χ4v) is 1.32. The second-order valence-corrected chi connectivity index (χ2v) is 4.36. The molecule has 3 heteroatoms. The average Bonchev–Trinajstić information content (AvgIpc) is 2.33. The Morgan fingerprint density at radius 1 is 1.33 bits per heavy atom. The minimum Gasteiger partial charge on any atom is -0.461 e. The molecule has 0 aromatic rings. The van der Waals surface area contributed by atoms with E-state index in [0.717, 1.165) is 32.4 Å². The molecule has 0 aliphatic carbocycles. The van der Waals surface area contributed by atoms with Crippen molar-refractivity contribution in [1.29, 1.82) is 0 Å². The van der Waals surface area contributed by atoms with E-state index in [9.17, 15) is 4.79 Å². The van der Waals surface area contributed by atoms with Crippen LogP contribution in [0.5, 0.6) is 0 Å². The monoisotopic (exact) mass is 251 g/mol. The lowest BCUT2D eigenvalue weighted by atomic mass is 10.2. The first kappa shape index (κ1) is 16.6. The van der Waals surface area contributed by atoms with Crippen molar-refractivity contribution in [1.82, 2.24) is 4.90 Å². The zero-order valence-electron chi connectivity index (χ0n) is 11.7. The summed E-state index contributed by atoms with van der Waals surface area (Å²) in [4.78, 5) is 13.3. The summed E-state index contributed by atoms with van der Waals surface area (Å²) < 4.78 is 5.03. The molecule has 0 amide bonds. The fraction of sp³-hybridized carbons (Fsp3) is 0.533. The molecular weight excluding hydrogens is 226 g/mol. The van der Waals surface area contributed by atoms with E-state index in [4.69, 9.17) is 4.74 Å². The smallest absolute Gasteiger partial charge is 0.333 e. The Labute approximate surface area is 111 Å². The average molecular weight is 251 g/mol. The minimum absolute atomic E-state index is 0.309. The van der Waals surface area contributed by atoms with Crippen LogP contribution in [0, 0.1) is 0 Å². The molecule has 0 unspecified atom stereocenters. The number of allylic oxidation sites excluding steroid dienone is 3. The van der Waals surface area contributed by atoms with Crippen LogP contribution in [0.1, 0.15) is 26.2 Å². The Kier molecular flexibility index (Phi) is 9.97. The van der Waals surface area contributed by atoms with Gasteiger partial charge in [-0.15, -0.1) is 6.58 Å². The number of ether oxygens (including phenoxy) is 1. The third-order valence-corrected chi connectivity index (χ3v) is 2.43. The molecule has 18 heavy (non-hydrogen) atoms. The summed E-state index contributed by atoms with van der Waals surface area (Å²) in [7, 11) is 2.03. The van der Waals surface area contributed by atoms with E-state index in [1.54, 1.807) is 6.92 Å². The second kappa shape index (κ2) is 10.8. The molecule has 0 atom stereocenters. The number of carbonyl (C=O) groups excluding carboxylic acids is 1. The number of esters is 1. The Bertz CT molecular complexity index is 295. The maximum atomic E-state index is 11.1. The molecule has 0 bridgehead atoms. The number of hydrogen-bond acceptors (Lipinski definition) is 3. The van der Waals surface area contributed by atoms with Crippen LogP contribution in [0.4, 0.5) is 0 Å². The second-order valence-electron chi connectivity index (χ2n) is 4.36. The first-order valence-corrected chi connectivity index (χ1v) is 6.35. The molecule has 0 aliphatic heterocycles. The Morgan fingerprint density at radius 2 is 2.06 bits per heavy atom. The number of hydrogen-bond donors (Lipinski definition) is 0. The molecule has 0 fully saturated rings. The van der Waals surface area contributed by atoms with Crippen LogP contribution in [-0.2, 0) is 9.53 Å². The van der Waals surface area contributed by atoms with Crippen LogP contribution in [0.3, 0.4) is 0 Å². The maximum absolute atomic E-state index is 11.1. The van der Waals surface area contributed by atoms with Gasteiger partial charge in [0.2, 0.25) is 0 Å². The van der Waals surface area contributed by atoms with Gasteiger partial charge in [0.1, 0.15) is 6.61 Å². The topological polar surface area (TPSA) is 29.5 Å². The maximum Gasteiger partial charge on any atom is 0.333 e. The summed E-state index contributed by atoms with van der Waals surface area (Å²) in [5, 5.41) is 0. The van der Waals surface area contributed by atoms with Gasteiger partial charge in [-0.2, -0.15) is 0 Å². The van der Waals surface area contributed by atoms with Crippen molar-refractivity contribution >= 4 is 5.97 Å². The van der Waals surface area contributed by atoms with Gasteiger partial charge in [-0.1, -0.05) is 24.8 Å². The van der Waals surface area contributed by atoms with Gasteiger partial charge in [0.05, 0.1) is 0 Å². The normalized spacial score (nSPS) is 10.8. The van der Waals surface area contributed by atoms with Crippen molar-refractivity contribution in [3.8, 4) is 0 Å². The first-order valence-electron chi connectivity index (χ1n) is 6.35. The van der Waals surface area contributed by atoms with E-state index < -0.39 is 0 Å². The highest BCUT2D eigenvalue weighted by Gasteiger charge is 2.03. The summed E-state index contributed by atoms with van der Waals surface area (Å²) in [5.41, 5.74) is 0.449. The molecule has 0 rings (SSSR count). The molecule has 0 spiro atoms. The van der Waals surface area contributed by atoms with Crippen LogP contribution < -0.4 is 0 Å².